The molecular weight excluding hydrogens is 396 g/mol. The molecule has 2 aromatic carbocycles. The second-order valence-corrected chi connectivity index (χ2v) is 8.71. The first kappa shape index (κ1) is 18.8. The number of thioether (sulfide) groups is 1. The second-order valence-electron chi connectivity index (χ2n) is 4.72. The first-order valence-corrected chi connectivity index (χ1v) is 9.06. The van der Waals surface area contributed by atoms with Gasteiger partial charge in [0.25, 0.3) is 0 Å². The molecule has 0 radical (unpaired) electrons. The fourth-order valence-corrected chi connectivity index (χ4v) is 3.39. The molecule has 0 unspecified atom stereocenters. The van der Waals surface area contributed by atoms with Gasteiger partial charge in [-0.1, -0.05) is 88.5 Å². The highest BCUT2D eigenvalue weighted by Gasteiger charge is 2.34. The number of nitrogens with one attached hydrogen (secondary N) is 1. The monoisotopic (exact) mass is 407 g/mol. The number of rotatable bonds is 5. The van der Waals surface area contributed by atoms with Crippen molar-refractivity contribution >= 4 is 64.1 Å². The summed E-state index contributed by atoms with van der Waals surface area (Å²) in [5.41, 5.74) is 0.893. The maximum absolute atomic E-state index is 12.2. The van der Waals surface area contributed by atoms with Gasteiger partial charge in [0.1, 0.15) is 5.37 Å². The number of hydrogen-bond acceptors (Lipinski definition) is 2. The molecule has 0 fully saturated rings. The highest BCUT2D eigenvalue weighted by Crippen LogP contribution is 2.39. The van der Waals surface area contributed by atoms with Crippen molar-refractivity contribution in [3.63, 3.8) is 0 Å². The molecule has 23 heavy (non-hydrogen) atoms. The Labute approximate surface area is 159 Å². The van der Waals surface area contributed by atoms with E-state index in [0.717, 1.165) is 10.5 Å². The molecule has 1 atom stereocenters. The molecule has 0 aliphatic heterocycles. The highest BCUT2D eigenvalue weighted by atomic mass is 35.6. The number of halogens is 4. The summed E-state index contributed by atoms with van der Waals surface area (Å²) in [6.45, 7) is 0. The first-order valence-electron chi connectivity index (χ1n) is 6.67. The van der Waals surface area contributed by atoms with Crippen LogP contribution in [0, 0.1) is 0 Å². The van der Waals surface area contributed by atoms with Gasteiger partial charge in [-0.2, -0.15) is 0 Å². The number of carbonyl (C=O) groups excluding carboxylic acids is 1. The highest BCUT2D eigenvalue weighted by molar-refractivity contribution is 8.00. The van der Waals surface area contributed by atoms with Gasteiger partial charge in [-0.05, 0) is 29.8 Å². The predicted octanol–water partition coefficient (Wildman–Crippen LogP) is 5.49. The van der Waals surface area contributed by atoms with Gasteiger partial charge in [-0.3, -0.25) is 4.79 Å². The second kappa shape index (κ2) is 8.50. The third-order valence-electron chi connectivity index (χ3n) is 2.86. The van der Waals surface area contributed by atoms with Crippen molar-refractivity contribution in [2.75, 3.05) is 0 Å². The molecule has 122 valence electrons. The molecule has 1 amide bonds. The summed E-state index contributed by atoms with van der Waals surface area (Å²) in [6.07, 6.45) is 0.221. The van der Waals surface area contributed by atoms with Crippen LogP contribution in [0.4, 0.5) is 0 Å². The first-order chi connectivity index (χ1) is 10.8. The third-order valence-corrected chi connectivity index (χ3v) is 5.41. The van der Waals surface area contributed by atoms with E-state index in [9.17, 15) is 4.79 Å². The zero-order chi connectivity index (χ0) is 16.9. The van der Waals surface area contributed by atoms with E-state index in [2.05, 4.69) is 5.32 Å². The topological polar surface area (TPSA) is 29.1 Å². The molecule has 2 aromatic rings. The minimum Gasteiger partial charge on any atom is -0.340 e. The van der Waals surface area contributed by atoms with Crippen LogP contribution in [0.25, 0.3) is 0 Å². The van der Waals surface area contributed by atoms with Gasteiger partial charge in [-0.15, -0.1) is 0 Å². The molecule has 1 N–H and O–H groups in total. The third kappa shape index (κ3) is 6.44. The van der Waals surface area contributed by atoms with E-state index in [1.54, 1.807) is 24.3 Å². The number of amides is 1. The molecule has 2 rings (SSSR count). The summed E-state index contributed by atoms with van der Waals surface area (Å²) < 4.78 is -1.64. The Morgan fingerprint density at radius 3 is 2.22 bits per heavy atom. The molecule has 0 aliphatic carbocycles. The maximum atomic E-state index is 12.2. The fourth-order valence-electron chi connectivity index (χ4n) is 1.81. The van der Waals surface area contributed by atoms with E-state index in [4.69, 9.17) is 46.4 Å². The average molecular weight is 409 g/mol. The summed E-state index contributed by atoms with van der Waals surface area (Å²) in [6, 6.07) is 16.5. The average Bonchev–Trinajstić information content (AvgIpc) is 2.49. The normalized spacial score (nSPS) is 12.7. The van der Waals surface area contributed by atoms with Gasteiger partial charge in [0, 0.05) is 9.92 Å². The van der Waals surface area contributed by atoms with E-state index in [1.807, 2.05) is 30.3 Å². The molecule has 0 aliphatic rings. The van der Waals surface area contributed by atoms with E-state index >= 15 is 0 Å². The molecule has 0 saturated heterocycles. The summed E-state index contributed by atoms with van der Waals surface area (Å²) in [7, 11) is 0. The minimum atomic E-state index is -1.64. The van der Waals surface area contributed by atoms with Crippen molar-refractivity contribution in [1.82, 2.24) is 5.32 Å². The molecule has 2 nitrogen and oxygen atoms in total. The largest absolute Gasteiger partial charge is 0.340 e. The quantitative estimate of drug-likeness (QED) is 0.402. The van der Waals surface area contributed by atoms with Crippen LogP contribution in [0.15, 0.2) is 59.5 Å². The van der Waals surface area contributed by atoms with Crippen molar-refractivity contribution in [3.8, 4) is 0 Å². The van der Waals surface area contributed by atoms with Crippen LogP contribution in [0.5, 0.6) is 0 Å². The van der Waals surface area contributed by atoms with Crippen molar-refractivity contribution in [2.45, 2.75) is 20.5 Å². The van der Waals surface area contributed by atoms with Crippen molar-refractivity contribution in [1.29, 1.82) is 0 Å². The van der Waals surface area contributed by atoms with Gasteiger partial charge in [0.15, 0.2) is 0 Å². The molecule has 0 saturated carbocycles. The Bertz CT molecular complexity index is 643. The SMILES string of the molecule is O=C(Cc1ccccc1)N[C@@H](Sc1ccc(Cl)cc1)C(Cl)(Cl)Cl. The van der Waals surface area contributed by atoms with E-state index in [-0.39, 0.29) is 12.3 Å². The molecule has 7 heteroatoms. The number of hydrogen-bond donors (Lipinski definition) is 1. The van der Waals surface area contributed by atoms with Crippen LogP contribution in [0.2, 0.25) is 5.02 Å². The van der Waals surface area contributed by atoms with Crippen LogP contribution in [-0.4, -0.2) is 15.1 Å². The van der Waals surface area contributed by atoms with Crippen molar-refractivity contribution in [2.24, 2.45) is 0 Å². The smallest absolute Gasteiger partial charge is 0.225 e. The van der Waals surface area contributed by atoms with Gasteiger partial charge in [0.05, 0.1) is 6.42 Å². The van der Waals surface area contributed by atoms with Crippen LogP contribution in [-0.2, 0) is 11.2 Å². The number of carbonyl (C=O) groups is 1. The Balaban J connectivity index is 2.04. The molecule has 0 spiro atoms. The lowest BCUT2D eigenvalue weighted by Gasteiger charge is -2.25. The lowest BCUT2D eigenvalue weighted by molar-refractivity contribution is -0.120. The maximum Gasteiger partial charge on any atom is 0.225 e. The summed E-state index contributed by atoms with van der Waals surface area (Å²) in [4.78, 5) is 13.0. The fraction of sp³-hybridized carbons (Fsp3) is 0.188. The lowest BCUT2D eigenvalue weighted by atomic mass is 10.1. The van der Waals surface area contributed by atoms with Crippen LogP contribution < -0.4 is 5.32 Å². The summed E-state index contributed by atoms with van der Waals surface area (Å²) in [5.74, 6) is -0.214. The zero-order valence-electron chi connectivity index (χ0n) is 11.8. The Kier molecular flexibility index (Phi) is 6.93. The molecular formula is C16H13Cl4NOS. The Hall–Kier alpha value is -0.580. The number of benzene rings is 2. The van der Waals surface area contributed by atoms with Gasteiger partial charge in [-0.25, -0.2) is 0 Å². The Morgan fingerprint density at radius 1 is 1.04 bits per heavy atom. The zero-order valence-corrected chi connectivity index (χ0v) is 15.6. The van der Waals surface area contributed by atoms with Crippen molar-refractivity contribution < 1.29 is 4.79 Å². The van der Waals surface area contributed by atoms with Crippen LogP contribution in [0.1, 0.15) is 5.56 Å². The predicted molar refractivity (Wildman–Crippen MR) is 99.7 cm³/mol. The molecule has 0 aromatic heterocycles. The molecule has 0 heterocycles. The Morgan fingerprint density at radius 2 is 1.65 bits per heavy atom. The van der Waals surface area contributed by atoms with Gasteiger partial charge in [0.2, 0.25) is 9.70 Å². The van der Waals surface area contributed by atoms with Crippen LogP contribution in [0.3, 0.4) is 0 Å². The summed E-state index contributed by atoms with van der Waals surface area (Å²) in [5, 5.41) is 2.66. The van der Waals surface area contributed by atoms with E-state index in [1.165, 1.54) is 11.8 Å². The standard InChI is InChI=1S/C16H13Cl4NOS/c17-12-6-8-13(9-7-12)23-15(16(18,19)20)21-14(22)10-11-4-2-1-3-5-11/h1-9,15H,10H2,(H,21,22)/t15-/m0/s1. The van der Waals surface area contributed by atoms with E-state index in [0.29, 0.717) is 5.02 Å². The number of alkyl halides is 3. The van der Waals surface area contributed by atoms with E-state index < -0.39 is 9.17 Å². The molecule has 0 bridgehead atoms. The summed E-state index contributed by atoms with van der Waals surface area (Å²) >= 11 is 25.1. The van der Waals surface area contributed by atoms with Gasteiger partial charge >= 0.3 is 0 Å². The van der Waals surface area contributed by atoms with Crippen molar-refractivity contribution in [3.05, 3.63) is 65.2 Å². The minimum absolute atomic E-state index is 0.214. The lowest BCUT2D eigenvalue weighted by Crippen LogP contribution is -2.42. The van der Waals surface area contributed by atoms with Gasteiger partial charge < -0.3 is 5.32 Å². The van der Waals surface area contributed by atoms with Crippen LogP contribution >= 0.6 is 58.2 Å².